The lowest BCUT2D eigenvalue weighted by molar-refractivity contribution is 0.102. The summed E-state index contributed by atoms with van der Waals surface area (Å²) in [5.41, 5.74) is 0.492. The van der Waals surface area contributed by atoms with Crippen molar-refractivity contribution in [1.29, 1.82) is 0 Å². The van der Waals surface area contributed by atoms with Crippen LogP contribution in [0.15, 0.2) is 47.4 Å². The van der Waals surface area contributed by atoms with Gasteiger partial charge in [-0.3, -0.25) is 4.79 Å². The highest BCUT2D eigenvalue weighted by Crippen LogP contribution is 2.26. The summed E-state index contributed by atoms with van der Waals surface area (Å²) in [5, 5.41) is 0.903. The third-order valence-electron chi connectivity index (χ3n) is 2.64. The average Bonchev–Trinajstić information content (AvgIpc) is 2.45. The molecule has 0 fully saturated rings. The molecule has 0 N–H and O–H groups in total. The normalized spacial score (nSPS) is 10.3. The SMILES string of the molecule is COc1cccc(SCC(=O)c2ccc(Cl)cc2Cl)c1. The van der Waals surface area contributed by atoms with E-state index >= 15 is 0 Å². The third kappa shape index (κ3) is 3.92. The highest BCUT2D eigenvalue weighted by Gasteiger charge is 2.11. The quantitative estimate of drug-likeness (QED) is 0.572. The lowest BCUT2D eigenvalue weighted by atomic mass is 10.1. The Hall–Kier alpha value is -1.16. The van der Waals surface area contributed by atoms with Crippen molar-refractivity contribution in [2.75, 3.05) is 12.9 Å². The van der Waals surface area contributed by atoms with Gasteiger partial charge in [0, 0.05) is 15.5 Å². The van der Waals surface area contributed by atoms with Gasteiger partial charge in [0.15, 0.2) is 5.78 Å². The Labute approximate surface area is 132 Å². The van der Waals surface area contributed by atoms with Crippen LogP contribution in [0.1, 0.15) is 10.4 Å². The Morgan fingerprint density at radius 1 is 1.20 bits per heavy atom. The second-order valence-corrected chi connectivity index (χ2v) is 5.91. The monoisotopic (exact) mass is 326 g/mol. The van der Waals surface area contributed by atoms with Crippen LogP contribution in [0.2, 0.25) is 10.0 Å². The molecule has 0 spiro atoms. The number of halogens is 2. The fourth-order valence-electron chi connectivity index (χ4n) is 1.63. The minimum atomic E-state index is -0.0283. The molecule has 20 heavy (non-hydrogen) atoms. The van der Waals surface area contributed by atoms with Crippen molar-refractivity contribution in [3.8, 4) is 5.75 Å². The maximum atomic E-state index is 12.1. The van der Waals surface area contributed by atoms with Gasteiger partial charge in [0.2, 0.25) is 0 Å². The lowest BCUT2D eigenvalue weighted by Gasteiger charge is -2.05. The molecule has 0 amide bonds. The minimum absolute atomic E-state index is 0.0283. The van der Waals surface area contributed by atoms with Crippen molar-refractivity contribution in [2.24, 2.45) is 0 Å². The van der Waals surface area contributed by atoms with Crippen molar-refractivity contribution in [3.63, 3.8) is 0 Å². The number of methoxy groups -OCH3 is 1. The number of carbonyl (C=O) groups excluding carboxylic acids is 1. The molecule has 0 saturated carbocycles. The zero-order valence-corrected chi connectivity index (χ0v) is 13.1. The van der Waals surface area contributed by atoms with Crippen LogP contribution >= 0.6 is 35.0 Å². The minimum Gasteiger partial charge on any atom is -0.497 e. The Morgan fingerprint density at radius 2 is 2.00 bits per heavy atom. The van der Waals surface area contributed by atoms with E-state index in [2.05, 4.69) is 0 Å². The molecule has 0 heterocycles. The van der Waals surface area contributed by atoms with E-state index in [1.807, 2.05) is 24.3 Å². The molecular weight excluding hydrogens is 315 g/mol. The number of Topliss-reactive ketones (excluding diaryl/α,β-unsaturated/α-hetero) is 1. The molecule has 2 aromatic rings. The second kappa shape index (κ2) is 7.02. The Balaban J connectivity index is 2.04. The Bertz CT molecular complexity index is 629. The maximum absolute atomic E-state index is 12.1. The number of thioether (sulfide) groups is 1. The van der Waals surface area contributed by atoms with Crippen LogP contribution in [0.3, 0.4) is 0 Å². The van der Waals surface area contributed by atoms with Crippen LogP contribution in [0, 0.1) is 0 Å². The fourth-order valence-corrected chi connectivity index (χ4v) is 2.97. The first kappa shape index (κ1) is 15.2. The zero-order chi connectivity index (χ0) is 14.5. The summed E-state index contributed by atoms with van der Waals surface area (Å²) in [6, 6.07) is 12.5. The van der Waals surface area contributed by atoms with Gasteiger partial charge >= 0.3 is 0 Å². The van der Waals surface area contributed by atoms with E-state index in [9.17, 15) is 4.79 Å². The van der Waals surface area contributed by atoms with Crippen molar-refractivity contribution >= 4 is 40.7 Å². The Kier molecular flexibility index (Phi) is 5.35. The van der Waals surface area contributed by atoms with Crippen LogP contribution in [-0.2, 0) is 0 Å². The van der Waals surface area contributed by atoms with Gasteiger partial charge in [-0.1, -0.05) is 29.3 Å². The molecule has 2 rings (SSSR count). The summed E-state index contributed by atoms with van der Waals surface area (Å²) in [5.74, 6) is 1.06. The maximum Gasteiger partial charge on any atom is 0.174 e. The molecule has 2 nitrogen and oxygen atoms in total. The molecule has 0 aromatic heterocycles. The smallest absolute Gasteiger partial charge is 0.174 e. The standard InChI is InChI=1S/C15H12Cl2O2S/c1-19-11-3-2-4-12(8-11)20-9-15(18)13-6-5-10(16)7-14(13)17/h2-8H,9H2,1H3. The van der Waals surface area contributed by atoms with Gasteiger partial charge < -0.3 is 4.74 Å². The van der Waals surface area contributed by atoms with E-state index in [-0.39, 0.29) is 5.78 Å². The van der Waals surface area contributed by atoms with Crippen molar-refractivity contribution in [2.45, 2.75) is 4.90 Å². The number of carbonyl (C=O) groups is 1. The van der Waals surface area contributed by atoms with Crippen LogP contribution in [-0.4, -0.2) is 18.6 Å². The molecule has 0 atom stereocenters. The van der Waals surface area contributed by atoms with Gasteiger partial charge in [0.1, 0.15) is 5.75 Å². The van der Waals surface area contributed by atoms with Gasteiger partial charge in [-0.15, -0.1) is 11.8 Å². The number of benzene rings is 2. The molecule has 0 saturated heterocycles. The summed E-state index contributed by atoms with van der Waals surface area (Å²) in [4.78, 5) is 13.1. The van der Waals surface area contributed by atoms with E-state index in [0.717, 1.165) is 10.6 Å². The molecule has 0 unspecified atom stereocenters. The zero-order valence-electron chi connectivity index (χ0n) is 10.7. The molecule has 0 aliphatic heterocycles. The van der Waals surface area contributed by atoms with Gasteiger partial charge in [0.05, 0.1) is 17.9 Å². The summed E-state index contributed by atoms with van der Waals surface area (Å²) >= 11 is 13.3. The Morgan fingerprint density at radius 3 is 2.70 bits per heavy atom. The molecule has 2 aromatic carbocycles. The molecule has 0 aliphatic rings. The molecule has 5 heteroatoms. The van der Waals surface area contributed by atoms with Crippen molar-refractivity contribution in [3.05, 3.63) is 58.1 Å². The average molecular weight is 327 g/mol. The van der Waals surface area contributed by atoms with Gasteiger partial charge in [-0.05, 0) is 36.4 Å². The van der Waals surface area contributed by atoms with Crippen molar-refractivity contribution < 1.29 is 9.53 Å². The number of hydrogen-bond acceptors (Lipinski definition) is 3. The van der Waals surface area contributed by atoms with E-state index in [1.54, 1.807) is 25.3 Å². The molecule has 0 bridgehead atoms. The van der Waals surface area contributed by atoms with Crippen LogP contribution in [0.25, 0.3) is 0 Å². The lowest BCUT2D eigenvalue weighted by Crippen LogP contribution is -2.03. The molecular formula is C15H12Cl2O2S. The van der Waals surface area contributed by atoms with Gasteiger partial charge in [-0.25, -0.2) is 0 Å². The number of rotatable bonds is 5. The van der Waals surface area contributed by atoms with Crippen molar-refractivity contribution in [1.82, 2.24) is 0 Å². The first-order valence-corrected chi connectivity index (χ1v) is 7.59. The highest BCUT2D eigenvalue weighted by atomic mass is 35.5. The predicted octanol–water partition coefficient (Wildman–Crippen LogP) is 4.98. The van der Waals surface area contributed by atoms with Gasteiger partial charge in [0.25, 0.3) is 0 Å². The van der Waals surface area contributed by atoms with E-state index in [1.165, 1.54) is 11.8 Å². The molecule has 0 aliphatic carbocycles. The number of ketones is 1. The predicted molar refractivity (Wildman–Crippen MR) is 84.5 cm³/mol. The number of ether oxygens (including phenoxy) is 1. The fraction of sp³-hybridized carbons (Fsp3) is 0.133. The summed E-state index contributed by atoms with van der Waals surface area (Å²) < 4.78 is 5.14. The number of hydrogen-bond donors (Lipinski definition) is 0. The summed E-state index contributed by atoms with van der Waals surface area (Å²) in [6.45, 7) is 0. The van der Waals surface area contributed by atoms with Gasteiger partial charge in [-0.2, -0.15) is 0 Å². The first-order valence-electron chi connectivity index (χ1n) is 5.85. The first-order chi connectivity index (χ1) is 9.60. The van der Waals surface area contributed by atoms with E-state index < -0.39 is 0 Å². The molecule has 0 radical (unpaired) electrons. The summed E-state index contributed by atoms with van der Waals surface area (Å²) in [6.07, 6.45) is 0. The van der Waals surface area contributed by atoms with Crippen LogP contribution < -0.4 is 4.74 Å². The van der Waals surface area contributed by atoms with E-state index in [0.29, 0.717) is 21.4 Å². The van der Waals surface area contributed by atoms with Crippen LogP contribution in [0.4, 0.5) is 0 Å². The van der Waals surface area contributed by atoms with Crippen LogP contribution in [0.5, 0.6) is 5.75 Å². The highest BCUT2D eigenvalue weighted by molar-refractivity contribution is 8.00. The topological polar surface area (TPSA) is 26.3 Å². The third-order valence-corrected chi connectivity index (χ3v) is 4.18. The molecule has 104 valence electrons. The largest absolute Gasteiger partial charge is 0.497 e. The second-order valence-electron chi connectivity index (χ2n) is 4.02. The summed E-state index contributed by atoms with van der Waals surface area (Å²) in [7, 11) is 1.61. The van der Waals surface area contributed by atoms with E-state index in [4.69, 9.17) is 27.9 Å².